The Bertz CT molecular complexity index is 475. The summed E-state index contributed by atoms with van der Waals surface area (Å²) in [6.45, 7) is 6.52. The SMILES string of the molecule is COc1cc(C)c(CN2CC(CO)CCC2C)cc1OC. The first-order chi connectivity index (χ1) is 10.1. The average Bonchev–Trinajstić information content (AvgIpc) is 2.50. The van der Waals surface area contributed by atoms with Crippen LogP contribution in [0.15, 0.2) is 12.1 Å². The Hall–Kier alpha value is -1.26. The van der Waals surface area contributed by atoms with Crippen molar-refractivity contribution in [2.45, 2.75) is 39.3 Å². The minimum atomic E-state index is 0.286. The molecule has 1 heterocycles. The smallest absolute Gasteiger partial charge is 0.161 e. The van der Waals surface area contributed by atoms with Gasteiger partial charge in [0, 0.05) is 25.7 Å². The van der Waals surface area contributed by atoms with Gasteiger partial charge in [0.1, 0.15) is 0 Å². The van der Waals surface area contributed by atoms with Gasteiger partial charge in [-0.2, -0.15) is 0 Å². The Labute approximate surface area is 127 Å². The number of hydrogen-bond acceptors (Lipinski definition) is 4. The topological polar surface area (TPSA) is 41.9 Å². The second kappa shape index (κ2) is 7.14. The number of methoxy groups -OCH3 is 2. The van der Waals surface area contributed by atoms with Gasteiger partial charge in [-0.15, -0.1) is 0 Å². The summed E-state index contributed by atoms with van der Waals surface area (Å²) < 4.78 is 10.8. The van der Waals surface area contributed by atoms with Gasteiger partial charge in [-0.05, 0) is 55.9 Å². The highest BCUT2D eigenvalue weighted by Crippen LogP contribution is 2.32. The summed E-state index contributed by atoms with van der Waals surface area (Å²) in [5.41, 5.74) is 2.48. The fourth-order valence-electron chi connectivity index (χ4n) is 3.04. The molecule has 21 heavy (non-hydrogen) atoms. The third-order valence-corrected chi connectivity index (χ3v) is 4.58. The number of benzene rings is 1. The molecule has 4 heteroatoms. The van der Waals surface area contributed by atoms with E-state index in [4.69, 9.17) is 9.47 Å². The molecule has 0 spiro atoms. The summed E-state index contributed by atoms with van der Waals surface area (Å²) >= 11 is 0. The van der Waals surface area contributed by atoms with Gasteiger partial charge in [0.05, 0.1) is 14.2 Å². The number of hydrogen-bond donors (Lipinski definition) is 1. The molecule has 1 aromatic rings. The van der Waals surface area contributed by atoms with Crippen LogP contribution in [0.2, 0.25) is 0 Å². The van der Waals surface area contributed by atoms with E-state index in [-0.39, 0.29) is 6.61 Å². The average molecular weight is 293 g/mol. The lowest BCUT2D eigenvalue weighted by Crippen LogP contribution is -2.42. The van der Waals surface area contributed by atoms with E-state index < -0.39 is 0 Å². The Morgan fingerprint density at radius 3 is 2.48 bits per heavy atom. The number of rotatable bonds is 5. The molecule has 4 nitrogen and oxygen atoms in total. The summed E-state index contributed by atoms with van der Waals surface area (Å²) in [5.74, 6) is 1.96. The van der Waals surface area contributed by atoms with Crippen LogP contribution < -0.4 is 9.47 Å². The highest BCUT2D eigenvalue weighted by atomic mass is 16.5. The summed E-state index contributed by atoms with van der Waals surface area (Å²) in [5, 5.41) is 9.40. The van der Waals surface area contributed by atoms with E-state index in [1.807, 2.05) is 6.07 Å². The maximum absolute atomic E-state index is 9.40. The van der Waals surface area contributed by atoms with Crippen molar-refractivity contribution in [2.75, 3.05) is 27.4 Å². The monoisotopic (exact) mass is 293 g/mol. The second-order valence-corrected chi connectivity index (χ2v) is 6.04. The number of aryl methyl sites for hydroxylation is 1. The molecule has 1 aliphatic heterocycles. The minimum Gasteiger partial charge on any atom is -0.493 e. The molecule has 2 atom stereocenters. The number of aliphatic hydroxyl groups is 1. The van der Waals surface area contributed by atoms with Crippen LogP contribution in [0.3, 0.4) is 0 Å². The zero-order valence-electron chi connectivity index (χ0n) is 13.6. The van der Waals surface area contributed by atoms with Crippen molar-refractivity contribution in [1.29, 1.82) is 0 Å². The van der Waals surface area contributed by atoms with Gasteiger partial charge >= 0.3 is 0 Å². The predicted octanol–water partition coefficient (Wildman–Crippen LogP) is 2.61. The number of likely N-dealkylation sites (tertiary alicyclic amines) is 1. The van der Waals surface area contributed by atoms with E-state index in [9.17, 15) is 5.11 Å². The summed E-state index contributed by atoms with van der Waals surface area (Å²) in [7, 11) is 3.33. The third-order valence-electron chi connectivity index (χ3n) is 4.58. The Morgan fingerprint density at radius 1 is 1.19 bits per heavy atom. The Kier molecular flexibility index (Phi) is 5.48. The van der Waals surface area contributed by atoms with Crippen molar-refractivity contribution in [1.82, 2.24) is 4.90 Å². The molecule has 1 fully saturated rings. The molecule has 1 aliphatic rings. The van der Waals surface area contributed by atoms with Crippen LogP contribution in [0.25, 0.3) is 0 Å². The van der Waals surface area contributed by atoms with Gasteiger partial charge in [-0.1, -0.05) is 0 Å². The molecule has 0 aliphatic carbocycles. The van der Waals surface area contributed by atoms with Crippen LogP contribution in [-0.2, 0) is 6.54 Å². The highest BCUT2D eigenvalue weighted by Gasteiger charge is 2.25. The van der Waals surface area contributed by atoms with Gasteiger partial charge in [0.25, 0.3) is 0 Å². The van der Waals surface area contributed by atoms with E-state index in [0.717, 1.165) is 37.4 Å². The number of ether oxygens (including phenoxy) is 2. The van der Waals surface area contributed by atoms with E-state index >= 15 is 0 Å². The van der Waals surface area contributed by atoms with E-state index in [1.54, 1.807) is 14.2 Å². The molecule has 1 N–H and O–H groups in total. The summed E-state index contributed by atoms with van der Waals surface area (Å²) in [4.78, 5) is 2.46. The van der Waals surface area contributed by atoms with Gasteiger partial charge in [0.2, 0.25) is 0 Å². The van der Waals surface area contributed by atoms with Crippen molar-refractivity contribution in [2.24, 2.45) is 5.92 Å². The van der Waals surface area contributed by atoms with Crippen molar-refractivity contribution >= 4 is 0 Å². The number of nitrogens with zero attached hydrogens (tertiary/aromatic N) is 1. The largest absolute Gasteiger partial charge is 0.493 e. The van der Waals surface area contributed by atoms with Crippen molar-refractivity contribution in [3.8, 4) is 11.5 Å². The standard InChI is InChI=1S/C17H27NO3/c1-12-7-16(20-3)17(21-4)8-15(12)10-18-9-14(11-19)6-5-13(18)2/h7-8,13-14,19H,5-6,9-11H2,1-4H3. The van der Waals surface area contributed by atoms with Crippen LogP contribution in [0.5, 0.6) is 11.5 Å². The normalized spacial score (nSPS) is 23.1. The molecular formula is C17H27NO3. The lowest BCUT2D eigenvalue weighted by Gasteiger charge is -2.37. The van der Waals surface area contributed by atoms with E-state index in [2.05, 4.69) is 24.8 Å². The van der Waals surface area contributed by atoms with Crippen LogP contribution in [0.4, 0.5) is 0 Å². The Balaban J connectivity index is 2.18. The molecule has 0 saturated carbocycles. The predicted molar refractivity (Wildman–Crippen MR) is 84.0 cm³/mol. The van der Waals surface area contributed by atoms with Crippen LogP contribution in [0.1, 0.15) is 30.9 Å². The number of aliphatic hydroxyl groups excluding tert-OH is 1. The van der Waals surface area contributed by atoms with E-state index in [1.165, 1.54) is 11.1 Å². The molecule has 0 amide bonds. The second-order valence-electron chi connectivity index (χ2n) is 6.04. The Morgan fingerprint density at radius 2 is 1.86 bits per heavy atom. The molecule has 0 radical (unpaired) electrons. The minimum absolute atomic E-state index is 0.286. The maximum atomic E-state index is 9.40. The zero-order valence-corrected chi connectivity index (χ0v) is 13.6. The van der Waals surface area contributed by atoms with Gasteiger partial charge in [0.15, 0.2) is 11.5 Å². The molecule has 2 rings (SSSR count). The first-order valence-corrected chi connectivity index (χ1v) is 7.65. The van der Waals surface area contributed by atoms with Crippen LogP contribution >= 0.6 is 0 Å². The molecular weight excluding hydrogens is 266 g/mol. The van der Waals surface area contributed by atoms with Gasteiger partial charge in [-0.3, -0.25) is 4.90 Å². The first kappa shape index (κ1) is 16.1. The lowest BCUT2D eigenvalue weighted by molar-refractivity contribution is 0.0769. The molecule has 0 bridgehead atoms. The fourth-order valence-corrected chi connectivity index (χ4v) is 3.04. The quantitative estimate of drug-likeness (QED) is 0.906. The molecule has 1 saturated heterocycles. The van der Waals surface area contributed by atoms with Crippen molar-refractivity contribution in [3.05, 3.63) is 23.3 Å². The zero-order chi connectivity index (χ0) is 15.4. The summed E-state index contributed by atoms with van der Waals surface area (Å²) in [6, 6.07) is 4.66. The van der Waals surface area contributed by atoms with Crippen LogP contribution in [-0.4, -0.2) is 43.4 Å². The maximum Gasteiger partial charge on any atom is 0.161 e. The number of piperidine rings is 1. The molecule has 1 aromatic carbocycles. The molecule has 2 unspecified atom stereocenters. The third kappa shape index (κ3) is 3.69. The van der Waals surface area contributed by atoms with Crippen LogP contribution in [0, 0.1) is 12.8 Å². The van der Waals surface area contributed by atoms with E-state index in [0.29, 0.717) is 12.0 Å². The van der Waals surface area contributed by atoms with Crippen molar-refractivity contribution < 1.29 is 14.6 Å². The van der Waals surface area contributed by atoms with Gasteiger partial charge < -0.3 is 14.6 Å². The van der Waals surface area contributed by atoms with Crippen molar-refractivity contribution in [3.63, 3.8) is 0 Å². The first-order valence-electron chi connectivity index (χ1n) is 7.65. The fraction of sp³-hybridized carbons (Fsp3) is 0.647. The highest BCUT2D eigenvalue weighted by molar-refractivity contribution is 5.47. The lowest BCUT2D eigenvalue weighted by atomic mass is 9.93. The summed E-state index contributed by atoms with van der Waals surface area (Å²) in [6.07, 6.45) is 2.27. The molecule has 0 aromatic heterocycles. The van der Waals surface area contributed by atoms with Gasteiger partial charge in [-0.25, -0.2) is 0 Å². The molecule has 118 valence electrons.